The van der Waals surface area contributed by atoms with Crippen molar-refractivity contribution in [3.05, 3.63) is 11.1 Å². The Bertz CT molecular complexity index is 401. The number of thiazole rings is 1. The number of ether oxygens (including phenoxy) is 1. The maximum atomic E-state index is 5.49. The van der Waals surface area contributed by atoms with E-state index in [2.05, 4.69) is 15.2 Å². The van der Waals surface area contributed by atoms with Crippen molar-refractivity contribution in [2.75, 3.05) is 38.3 Å². The molecule has 0 atom stereocenters. The summed E-state index contributed by atoms with van der Waals surface area (Å²) in [6.45, 7) is 5.13. The number of hydrogen-bond acceptors (Lipinski definition) is 5. The van der Waals surface area contributed by atoms with Gasteiger partial charge in [0.1, 0.15) is 0 Å². The van der Waals surface area contributed by atoms with Gasteiger partial charge in [-0.3, -0.25) is 0 Å². The lowest BCUT2D eigenvalue weighted by Crippen LogP contribution is -2.32. The number of nitrogens with zero attached hydrogens (tertiary/aromatic N) is 2. The maximum absolute atomic E-state index is 5.49. The van der Waals surface area contributed by atoms with E-state index in [4.69, 9.17) is 4.74 Å². The molecule has 5 heteroatoms. The Hall–Kier alpha value is -0.650. The molecule has 0 aliphatic carbocycles. The molecule has 2 saturated heterocycles. The van der Waals surface area contributed by atoms with Crippen molar-refractivity contribution in [1.82, 2.24) is 10.3 Å². The summed E-state index contributed by atoms with van der Waals surface area (Å²) in [5.41, 5.74) is 0.507. The molecule has 1 aromatic heterocycles. The van der Waals surface area contributed by atoms with Gasteiger partial charge in [0.2, 0.25) is 0 Å². The van der Waals surface area contributed by atoms with Crippen molar-refractivity contribution in [2.24, 2.45) is 5.41 Å². The van der Waals surface area contributed by atoms with Gasteiger partial charge >= 0.3 is 0 Å². The summed E-state index contributed by atoms with van der Waals surface area (Å²) in [5, 5.41) is 4.38. The van der Waals surface area contributed by atoms with E-state index in [0.29, 0.717) is 5.41 Å². The lowest BCUT2D eigenvalue weighted by Gasteiger charge is -2.33. The van der Waals surface area contributed by atoms with Crippen LogP contribution in [0.15, 0.2) is 6.20 Å². The topological polar surface area (TPSA) is 37.4 Å². The van der Waals surface area contributed by atoms with Gasteiger partial charge in [-0.1, -0.05) is 0 Å². The van der Waals surface area contributed by atoms with E-state index < -0.39 is 0 Å². The minimum atomic E-state index is 0.507. The van der Waals surface area contributed by atoms with Crippen LogP contribution in [0.25, 0.3) is 0 Å². The summed E-state index contributed by atoms with van der Waals surface area (Å²) in [6, 6.07) is 0. The zero-order chi connectivity index (χ0) is 12.4. The van der Waals surface area contributed by atoms with Crippen LogP contribution in [-0.2, 0) is 11.3 Å². The highest BCUT2D eigenvalue weighted by atomic mass is 32.1. The zero-order valence-corrected chi connectivity index (χ0v) is 11.8. The van der Waals surface area contributed by atoms with Gasteiger partial charge in [0, 0.05) is 43.9 Å². The molecule has 2 aliphatic rings. The first-order chi connectivity index (χ1) is 8.81. The highest BCUT2D eigenvalue weighted by Gasteiger charge is 2.40. The summed E-state index contributed by atoms with van der Waals surface area (Å²) in [7, 11) is 1.98. The summed E-state index contributed by atoms with van der Waals surface area (Å²) in [6.07, 6.45) is 5.75. The van der Waals surface area contributed by atoms with Crippen LogP contribution in [0, 0.1) is 5.41 Å². The molecule has 100 valence electrons. The highest BCUT2D eigenvalue weighted by Crippen LogP contribution is 2.41. The third-order valence-electron chi connectivity index (χ3n) is 4.15. The minimum absolute atomic E-state index is 0.507. The summed E-state index contributed by atoms with van der Waals surface area (Å²) in [4.78, 5) is 8.36. The van der Waals surface area contributed by atoms with Gasteiger partial charge in [-0.15, -0.1) is 11.3 Å². The molecule has 3 rings (SSSR count). The van der Waals surface area contributed by atoms with E-state index in [0.717, 1.165) is 26.3 Å². The largest absolute Gasteiger partial charge is 0.381 e. The van der Waals surface area contributed by atoms with Gasteiger partial charge in [0.05, 0.1) is 0 Å². The molecule has 2 aliphatic heterocycles. The number of nitrogens with one attached hydrogen (secondary N) is 1. The van der Waals surface area contributed by atoms with Gasteiger partial charge < -0.3 is 15.0 Å². The molecule has 1 N–H and O–H groups in total. The molecule has 1 aromatic rings. The lowest BCUT2D eigenvalue weighted by atomic mass is 9.80. The molecule has 2 fully saturated rings. The first-order valence-electron chi connectivity index (χ1n) is 6.73. The van der Waals surface area contributed by atoms with Crippen molar-refractivity contribution in [3.8, 4) is 0 Å². The average Bonchev–Trinajstić information content (AvgIpc) is 2.99. The summed E-state index contributed by atoms with van der Waals surface area (Å²) >= 11 is 1.82. The van der Waals surface area contributed by atoms with E-state index in [1.807, 2.05) is 24.6 Å². The van der Waals surface area contributed by atoms with Crippen LogP contribution in [0.4, 0.5) is 5.13 Å². The van der Waals surface area contributed by atoms with Crippen molar-refractivity contribution < 1.29 is 4.74 Å². The fourth-order valence-electron chi connectivity index (χ4n) is 3.01. The van der Waals surface area contributed by atoms with E-state index in [1.54, 1.807) is 0 Å². The molecule has 3 heterocycles. The van der Waals surface area contributed by atoms with E-state index in [9.17, 15) is 0 Å². The molecule has 18 heavy (non-hydrogen) atoms. The molecule has 0 aromatic carbocycles. The summed E-state index contributed by atoms with van der Waals surface area (Å²) < 4.78 is 5.49. The zero-order valence-electron chi connectivity index (χ0n) is 10.9. The predicted octanol–water partition coefficient (Wildman–Crippen LogP) is 1.87. The third kappa shape index (κ3) is 2.39. The lowest BCUT2D eigenvalue weighted by molar-refractivity contribution is 0.0254. The predicted molar refractivity (Wildman–Crippen MR) is 74.2 cm³/mol. The Labute approximate surface area is 112 Å². The van der Waals surface area contributed by atoms with Crippen molar-refractivity contribution >= 4 is 16.5 Å². The molecule has 0 saturated carbocycles. The first-order valence-corrected chi connectivity index (χ1v) is 7.55. The van der Waals surface area contributed by atoms with Crippen LogP contribution >= 0.6 is 11.3 Å². The first kappa shape index (κ1) is 12.4. The quantitative estimate of drug-likeness (QED) is 0.907. The number of anilines is 1. The summed E-state index contributed by atoms with van der Waals surface area (Å²) in [5.74, 6) is 0. The van der Waals surface area contributed by atoms with E-state index in [-0.39, 0.29) is 0 Å². The fraction of sp³-hybridized carbons (Fsp3) is 0.769. The molecule has 4 nitrogen and oxygen atoms in total. The number of aromatic nitrogens is 1. The maximum Gasteiger partial charge on any atom is 0.185 e. The van der Waals surface area contributed by atoms with Crippen LogP contribution < -0.4 is 10.2 Å². The normalized spacial score (nSPS) is 22.8. The molecular formula is C13H21N3OS. The Morgan fingerprint density at radius 2 is 2.28 bits per heavy atom. The Balaban J connectivity index is 1.66. The van der Waals surface area contributed by atoms with Crippen LogP contribution in [-0.4, -0.2) is 38.3 Å². The second-order valence-corrected chi connectivity index (χ2v) is 6.52. The van der Waals surface area contributed by atoms with Crippen molar-refractivity contribution in [1.29, 1.82) is 0 Å². The third-order valence-corrected chi connectivity index (χ3v) is 5.21. The second-order valence-electron chi connectivity index (χ2n) is 5.42. The van der Waals surface area contributed by atoms with Gasteiger partial charge in [-0.2, -0.15) is 0 Å². The molecular weight excluding hydrogens is 246 g/mol. The van der Waals surface area contributed by atoms with Gasteiger partial charge in [-0.25, -0.2) is 4.98 Å². The molecule has 0 unspecified atom stereocenters. The van der Waals surface area contributed by atoms with Gasteiger partial charge in [-0.05, 0) is 31.7 Å². The standard InChI is InChI=1S/C13H21N3OS/c1-14-8-11-9-15-12(18-11)16-5-2-13(10-16)3-6-17-7-4-13/h9,14H,2-8,10H2,1H3. The van der Waals surface area contributed by atoms with E-state index >= 15 is 0 Å². The minimum Gasteiger partial charge on any atom is -0.381 e. The Morgan fingerprint density at radius 3 is 3.06 bits per heavy atom. The molecule has 0 radical (unpaired) electrons. The Kier molecular flexibility index (Phi) is 3.54. The highest BCUT2D eigenvalue weighted by molar-refractivity contribution is 7.15. The average molecular weight is 267 g/mol. The van der Waals surface area contributed by atoms with Crippen LogP contribution in [0.2, 0.25) is 0 Å². The van der Waals surface area contributed by atoms with Gasteiger partial charge in [0.25, 0.3) is 0 Å². The van der Waals surface area contributed by atoms with Gasteiger partial charge in [0.15, 0.2) is 5.13 Å². The smallest absolute Gasteiger partial charge is 0.185 e. The van der Waals surface area contributed by atoms with Crippen molar-refractivity contribution in [2.45, 2.75) is 25.8 Å². The molecule has 0 amide bonds. The fourth-order valence-corrected chi connectivity index (χ4v) is 3.96. The van der Waals surface area contributed by atoms with Crippen molar-refractivity contribution in [3.63, 3.8) is 0 Å². The van der Waals surface area contributed by atoms with Crippen LogP contribution in [0.5, 0.6) is 0 Å². The SMILES string of the molecule is CNCc1cnc(N2CCC3(CCOCC3)C2)s1. The van der Waals surface area contributed by atoms with Crippen LogP contribution in [0.1, 0.15) is 24.1 Å². The molecule has 0 bridgehead atoms. The molecule has 1 spiro atoms. The second kappa shape index (κ2) is 5.15. The monoisotopic (exact) mass is 267 g/mol. The van der Waals surface area contributed by atoms with E-state index in [1.165, 1.54) is 35.8 Å². The number of rotatable bonds is 3. The number of hydrogen-bond donors (Lipinski definition) is 1. The Morgan fingerprint density at radius 1 is 1.44 bits per heavy atom. The van der Waals surface area contributed by atoms with Crippen LogP contribution in [0.3, 0.4) is 0 Å².